The number of H-pyrrole nitrogens is 1. The molecule has 4 nitrogen and oxygen atoms in total. The van der Waals surface area contributed by atoms with Crippen LogP contribution in [0, 0.1) is 6.92 Å². The number of rotatable bonds is 4. The van der Waals surface area contributed by atoms with Crippen LogP contribution in [0.15, 0.2) is 18.2 Å². The maximum Gasteiger partial charge on any atom is 0.132 e. The van der Waals surface area contributed by atoms with Gasteiger partial charge in [0.25, 0.3) is 0 Å². The van der Waals surface area contributed by atoms with E-state index in [2.05, 4.69) is 35.9 Å². The van der Waals surface area contributed by atoms with Crippen molar-refractivity contribution < 1.29 is 9.84 Å². The Hall–Kier alpha value is -1.81. The zero-order valence-electron chi connectivity index (χ0n) is 11.8. The first kappa shape index (κ1) is 13.6. The number of aliphatic hydroxyl groups excluding tert-OH is 1. The molecular weight excluding hydrogens is 240 g/mol. The van der Waals surface area contributed by atoms with Crippen LogP contribution in [-0.2, 0) is 6.61 Å². The van der Waals surface area contributed by atoms with Gasteiger partial charge < -0.3 is 14.8 Å². The van der Waals surface area contributed by atoms with Crippen LogP contribution in [0.25, 0.3) is 11.3 Å². The fourth-order valence-electron chi connectivity index (χ4n) is 2.13. The second kappa shape index (κ2) is 5.45. The normalized spacial score (nSPS) is 11.1. The number of aliphatic hydroxyl groups is 1. The van der Waals surface area contributed by atoms with Gasteiger partial charge in [-0.1, -0.05) is 19.9 Å². The van der Waals surface area contributed by atoms with Gasteiger partial charge in [-0.05, 0) is 30.5 Å². The van der Waals surface area contributed by atoms with Gasteiger partial charge in [0.15, 0.2) is 0 Å². The number of ether oxygens (including phenoxy) is 1. The molecule has 2 rings (SSSR count). The summed E-state index contributed by atoms with van der Waals surface area (Å²) < 4.78 is 5.42. The quantitative estimate of drug-likeness (QED) is 0.888. The number of methoxy groups -OCH3 is 1. The molecular formula is C15H20N2O2. The maximum absolute atomic E-state index is 9.17. The summed E-state index contributed by atoms with van der Waals surface area (Å²) in [6.45, 7) is 6.17. The molecule has 4 heteroatoms. The summed E-state index contributed by atoms with van der Waals surface area (Å²) in [4.78, 5) is 7.50. The molecule has 0 saturated heterocycles. The van der Waals surface area contributed by atoms with Crippen LogP contribution in [-0.4, -0.2) is 22.2 Å². The molecule has 19 heavy (non-hydrogen) atoms. The average molecular weight is 260 g/mol. The van der Waals surface area contributed by atoms with E-state index in [4.69, 9.17) is 9.84 Å². The topological polar surface area (TPSA) is 58.1 Å². The Morgan fingerprint density at radius 3 is 2.63 bits per heavy atom. The van der Waals surface area contributed by atoms with E-state index >= 15 is 0 Å². The zero-order valence-corrected chi connectivity index (χ0v) is 11.8. The first-order valence-corrected chi connectivity index (χ1v) is 6.41. The highest BCUT2D eigenvalue weighted by Gasteiger charge is 2.14. The Bertz CT molecular complexity index is 574. The van der Waals surface area contributed by atoms with E-state index in [9.17, 15) is 0 Å². The van der Waals surface area contributed by atoms with Gasteiger partial charge in [-0.2, -0.15) is 0 Å². The fraction of sp³-hybridized carbons (Fsp3) is 0.400. The molecule has 102 valence electrons. The minimum atomic E-state index is -0.0903. The van der Waals surface area contributed by atoms with Crippen molar-refractivity contribution in [3.8, 4) is 17.0 Å². The molecule has 0 aliphatic rings. The number of aryl methyl sites for hydroxylation is 1. The monoisotopic (exact) mass is 260 g/mol. The molecule has 0 aliphatic heterocycles. The Morgan fingerprint density at radius 2 is 2.11 bits per heavy atom. The number of hydrogen-bond donors (Lipinski definition) is 2. The van der Waals surface area contributed by atoms with Gasteiger partial charge in [0.1, 0.15) is 18.2 Å². The predicted octanol–water partition coefficient (Wildman–Crippen LogP) is 3.01. The van der Waals surface area contributed by atoms with Gasteiger partial charge in [0.2, 0.25) is 0 Å². The van der Waals surface area contributed by atoms with Gasteiger partial charge in [-0.15, -0.1) is 0 Å². The van der Waals surface area contributed by atoms with Crippen molar-refractivity contribution in [1.29, 1.82) is 0 Å². The predicted molar refractivity (Wildman–Crippen MR) is 75.3 cm³/mol. The summed E-state index contributed by atoms with van der Waals surface area (Å²) in [6, 6.07) is 6.15. The molecule has 2 N–H and O–H groups in total. The van der Waals surface area contributed by atoms with Gasteiger partial charge in [0.05, 0.1) is 12.8 Å². The molecule has 0 atom stereocenters. The minimum absolute atomic E-state index is 0.0903. The highest BCUT2D eigenvalue weighted by atomic mass is 16.5. The fourth-order valence-corrected chi connectivity index (χ4v) is 2.13. The molecule has 1 heterocycles. The van der Waals surface area contributed by atoms with Crippen molar-refractivity contribution in [3.05, 3.63) is 35.3 Å². The lowest BCUT2D eigenvalue weighted by Gasteiger charge is -2.12. The van der Waals surface area contributed by atoms with Crippen molar-refractivity contribution >= 4 is 0 Å². The summed E-state index contributed by atoms with van der Waals surface area (Å²) in [5.74, 6) is 1.81. The molecule has 0 aliphatic carbocycles. The van der Waals surface area contributed by atoms with Crippen molar-refractivity contribution in [2.75, 3.05) is 7.11 Å². The van der Waals surface area contributed by atoms with E-state index in [1.54, 1.807) is 7.11 Å². The third kappa shape index (κ3) is 2.63. The number of hydrogen-bond acceptors (Lipinski definition) is 3. The number of nitrogens with one attached hydrogen (secondary N) is 1. The third-order valence-electron chi connectivity index (χ3n) is 3.23. The lowest BCUT2D eigenvalue weighted by molar-refractivity contribution is 0.272. The molecule has 0 amide bonds. The summed E-state index contributed by atoms with van der Waals surface area (Å²) in [5.41, 5.74) is 3.97. The van der Waals surface area contributed by atoms with Gasteiger partial charge in [-0.25, -0.2) is 4.98 Å². The van der Waals surface area contributed by atoms with Crippen molar-refractivity contribution in [2.24, 2.45) is 0 Å². The molecule has 0 unspecified atom stereocenters. The number of aromatic amines is 1. The molecule has 0 radical (unpaired) electrons. The average Bonchev–Trinajstić information content (AvgIpc) is 2.79. The first-order chi connectivity index (χ1) is 9.06. The number of aromatic nitrogens is 2. The third-order valence-corrected chi connectivity index (χ3v) is 3.23. The van der Waals surface area contributed by atoms with Crippen molar-refractivity contribution in [1.82, 2.24) is 9.97 Å². The standard InChI is InChI=1S/C15H20N2O2/c1-9(2)11-5-6-13(19-4)12(7-11)15-10(3)16-14(8-18)17-15/h5-7,9,18H,8H2,1-4H3,(H,16,17). The van der Waals surface area contributed by atoms with Crippen LogP contribution < -0.4 is 4.74 Å². The second-order valence-corrected chi connectivity index (χ2v) is 4.93. The van der Waals surface area contributed by atoms with Crippen LogP contribution in [0.3, 0.4) is 0 Å². The summed E-state index contributed by atoms with van der Waals surface area (Å²) >= 11 is 0. The second-order valence-electron chi connectivity index (χ2n) is 4.93. The Morgan fingerprint density at radius 1 is 1.37 bits per heavy atom. The van der Waals surface area contributed by atoms with Crippen molar-refractivity contribution in [3.63, 3.8) is 0 Å². The van der Waals surface area contributed by atoms with Crippen molar-refractivity contribution in [2.45, 2.75) is 33.3 Å². The highest BCUT2D eigenvalue weighted by Crippen LogP contribution is 2.33. The number of nitrogens with zero attached hydrogens (tertiary/aromatic N) is 1. The Labute approximate surface area is 113 Å². The highest BCUT2D eigenvalue weighted by molar-refractivity contribution is 5.70. The van der Waals surface area contributed by atoms with E-state index in [-0.39, 0.29) is 6.61 Å². The zero-order chi connectivity index (χ0) is 14.0. The summed E-state index contributed by atoms with van der Waals surface area (Å²) in [5, 5.41) is 9.17. The smallest absolute Gasteiger partial charge is 0.132 e. The van der Waals surface area contributed by atoms with Gasteiger partial charge >= 0.3 is 0 Å². The Kier molecular flexibility index (Phi) is 3.90. The van der Waals surface area contributed by atoms with Crippen LogP contribution in [0.2, 0.25) is 0 Å². The van der Waals surface area contributed by atoms with Gasteiger partial charge in [0, 0.05) is 11.3 Å². The number of imidazole rings is 1. The van der Waals surface area contributed by atoms with E-state index in [1.165, 1.54) is 5.56 Å². The molecule has 1 aromatic heterocycles. The maximum atomic E-state index is 9.17. The van der Waals surface area contributed by atoms with Crippen LogP contribution in [0.5, 0.6) is 5.75 Å². The molecule has 0 spiro atoms. The molecule has 1 aromatic carbocycles. The Balaban J connectivity index is 2.57. The van der Waals surface area contributed by atoms with Crippen LogP contribution in [0.1, 0.15) is 36.8 Å². The lowest BCUT2D eigenvalue weighted by atomic mass is 9.98. The van der Waals surface area contributed by atoms with Crippen LogP contribution in [0.4, 0.5) is 0 Å². The minimum Gasteiger partial charge on any atom is -0.496 e. The largest absolute Gasteiger partial charge is 0.496 e. The van der Waals surface area contributed by atoms with E-state index < -0.39 is 0 Å². The number of benzene rings is 1. The molecule has 2 aromatic rings. The molecule has 0 saturated carbocycles. The molecule has 0 fully saturated rings. The lowest BCUT2D eigenvalue weighted by Crippen LogP contribution is -1.94. The van der Waals surface area contributed by atoms with E-state index in [0.717, 1.165) is 22.7 Å². The summed E-state index contributed by atoms with van der Waals surface area (Å²) in [6.07, 6.45) is 0. The summed E-state index contributed by atoms with van der Waals surface area (Å²) in [7, 11) is 1.66. The van der Waals surface area contributed by atoms with E-state index in [0.29, 0.717) is 11.7 Å². The van der Waals surface area contributed by atoms with E-state index in [1.807, 2.05) is 13.0 Å². The molecule has 0 bridgehead atoms. The SMILES string of the molecule is COc1ccc(C(C)C)cc1-c1nc(CO)[nH]c1C. The van der Waals surface area contributed by atoms with Gasteiger partial charge in [-0.3, -0.25) is 0 Å². The first-order valence-electron chi connectivity index (χ1n) is 6.41. The van der Waals surface area contributed by atoms with Crippen LogP contribution >= 0.6 is 0 Å².